The second-order valence-corrected chi connectivity index (χ2v) is 3.91. The summed E-state index contributed by atoms with van der Waals surface area (Å²) >= 11 is 0. The van der Waals surface area contributed by atoms with Crippen molar-refractivity contribution in [2.45, 2.75) is 19.6 Å². The molecule has 0 bridgehead atoms. The van der Waals surface area contributed by atoms with Crippen LogP contribution in [0.4, 0.5) is 19.0 Å². The Morgan fingerprint density at radius 2 is 2.05 bits per heavy atom. The van der Waals surface area contributed by atoms with E-state index in [1.807, 2.05) is 6.92 Å². The molecule has 0 fully saturated rings. The zero-order chi connectivity index (χ0) is 14.0. The van der Waals surface area contributed by atoms with E-state index in [1.165, 1.54) is 7.05 Å². The second-order valence-electron chi connectivity index (χ2n) is 3.91. The zero-order valence-electron chi connectivity index (χ0n) is 10.5. The van der Waals surface area contributed by atoms with E-state index in [0.29, 0.717) is 12.2 Å². The predicted octanol–water partition coefficient (Wildman–Crippen LogP) is 3.03. The van der Waals surface area contributed by atoms with Crippen LogP contribution in [0.15, 0.2) is 24.4 Å². The number of hydrogen-bond donors (Lipinski definition) is 1. The maximum atomic E-state index is 12.8. The van der Waals surface area contributed by atoms with Crippen LogP contribution >= 0.6 is 0 Å². The number of halogens is 3. The van der Waals surface area contributed by atoms with Crippen LogP contribution in [0.1, 0.15) is 12.5 Å². The van der Waals surface area contributed by atoms with E-state index in [9.17, 15) is 13.2 Å². The molecule has 0 aromatic carbocycles. The molecule has 2 rings (SSSR count). The van der Waals surface area contributed by atoms with Gasteiger partial charge in [-0.2, -0.15) is 18.3 Å². The molecule has 7 heteroatoms. The van der Waals surface area contributed by atoms with Gasteiger partial charge in [0.15, 0.2) is 0 Å². The van der Waals surface area contributed by atoms with Crippen molar-refractivity contribution < 1.29 is 13.2 Å². The fraction of sp³-hybridized carbons (Fsp3) is 0.333. The summed E-state index contributed by atoms with van der Waals surface area (Å²) in [5, 5.41) is 6.67. The molecule has 0 saturated carbocycles. The molecule has 0 atom stereocenters. The highest BCUT2D eigenvalue weighted by molar-refractivity contribution is 5.59. The SMILES string of the molecule is CCn1nccc1-c1cc(C(F)(F)F)cc(NC)n1. The van der Waals surface area contributed by atoms with Crippen LogP contribution in [0, 0.1) is 0 Å². The van der Waals surface area contributed by atoms with Crippen LogP contribution in [0.2, 0.25) is 0 Å². The molecule has 0 unspecified atom stereocenters. The van der Waals surface area contributed by atoms with Crippen LogP contribution in [0.5, 0.6) is 0 Å². The van der Waals surface area contributed by atoms with Crippen molar-refractivity contribution in [3.63, 3.8) is 0 Å². The molecule has 2 aromatic heterocycles. The molecule has 0 aliphatic rings. The predicted molar refractivity (Wildman–Crippen MR) is 65.7 cm³/mol. The maximum absolute atomic E-state index is 12.8. The Labute approximate surface area is 108 Å². The minimum atomic E-state index is -4.40. The second kappa shape index (κ2) is 4.91. The fourth-order valence-corrected chi connectivity index (χ4v) is 1.76. The van der Waals surface area contributed by atoms with Gasteiger partial charge in [-0.15, -0.1) is 0 Å². The number of aromatic nitrogens is 3. The molecule has 0 saturated heterocycles. The van der Waals surface area contributed by atoms with Gasteiger partial charge in [0, 0.05) is 19.8 Å². The van der Waals surface area contributed by atoms with E-state index in [2.05, 4.69) is 15.4 Å². The molecule has 102 valence electrons. The van der Waals surface area contributed by atoms with Gasteiger partial charge in [0.1, 0.15) is 5.82 Å². The standard InChI is InChI=1S/C12H13F3N4/c1-3-19-10(4-5-17-19)9-6-8(12(13,14)15)7-11(16-2)18-9/h4-7H,3H2,1-2H3,(H,16,18). The highest BCUT2D eigenvalue weighted by Gasteiger charge is 2.32. The smallest absolute Gasteiger partial charge is 0.373 e. The lowest BCUT2D eigenvalue weighted by Gasteiger charge is -2.12. The van der Waals surface area contributed by atoms with Crippen molar-refractivity contribution in [2.24, 2.45) is 0 Å². The molecule has 2 heterocycles. The molecule has 0 radical (unpaired) electrons. The average molecular weight is 270 g/mol. The van der Waals surface area contributed by atoms with Crippen molar-refractivity contribution in [1.82, 2.24) is 14.8 Å². The van der Waals surface area contributed by atoms with Gasteiger partial charge in [-0.3, -0.25) is 4.68 Å². The molecule has 19 heavy (non-hydrogen) atoms. The lowest BCUT2D eigenvalue weighted by Crippen LogP contribution is -2.08. The largest absolute Gasteiger partial charge is 0.416 e. The first kappa shape index (κ1) is 13.4. The van der Waals surface area contributed by atoms with Crippen molar-refractivity contribution in [1.29, 1.82) is 0 Å². The Balaban J connectivity index is 2.57. The summed E-state index contributed by atoms with van der Waals surface area (Å²) in [7, 11) is 1.53. The first-order valence-corrected chi connectivity index (χ1v) is 5.75. The number of nitrogens with one attached hydrogen (secondary N) is 1. The first-order chi connectivity index (χ1) is 8.95. The quantitative estimate of drug-likeness (QED) is 0.932. The highest BCUT2D eigenvalue weighted by Crippen LogP contribution is 2.33. The monoisotopic (exact) mass is 270 g/mol. The summed E-state index contributed by atoms with van der Waals surface area (Å²) in [5.41, 5.74) is 0.0781. The highest BCUT2D eigenvalue weighted by atomic mass is 19.4. The van der Waals surface area contributed by atoms with Gasteiger partial charge >= 0.3 is 6.18 Å². The molecule has 0 aliphatic carbocycles. The zero-order valence-corrected chi connectivity index (χ0v) is 10.5. The topological polar surface area (TPSA) is 42.7 Å². The fourth-order valence-electron chi connectivity index (χ4n) is 1.76. The molecule has 2 aromatic rings. The third kappa shape index (κ3) is 2.69. The van der Waals surface area contributed by atoms with E-state index in [4.69, 9.17) is 0 Å². The Morgan fingerprint density at radius 1 is 1.32 bits per heavy atom. The first-order valence-electron chi connectivity index (χ1n) is 5.75. The number of rotatable bonds is 3. The van der Waals surface area contributed by atoms with E-state index in [-0.39, 0.29) is 11.5 Å². The minimum Gasteiger partial charge on any atom is -0.373 e. The van der Waals surface area contributed by atoms with Gasteiger partial charge in [-0.25, -0.2) is 4.98 Å². The maximum Gasteiger partial charge on any atom is 0.416 e. The molecule has 0 spiro atoms. The van der Waals surface area contributed by atoms with Crippen LogP contribution in [-0.4, -0.2) is 21.8 Å². The lowest BCUT2D eigenvalue weighted by atomic mass is 10.1. The Morgan fingerprint density at radius 3 is 2.63 bits per heavy atom. The number of aryl methyl sites for hydroxylation is 1. The number of anilines is 1. The summed E-state index contributed by atoms with van der Waals surface area (Å²) in [6.07, 6.45) is -2.86. The molecule has 1 N–H and O–H groups in total. The van der Waals surface area contributed by atoms with Gasteiger partial charge in [-0.1, -0.05) is 0 Å². The van der Waals surface area contributed by atoms with Crippen molar-refractivity contribution in [2.75, 3.05) is 12.4 Å². The molecular formula is C12H13F3N4. The molecule has 4 nitrogen and oxygen atoms in total. The van der Waals surface area contributed by atoms with Gasteiger partial charge in [-0.05, 0) is 25.1 Å². The van der Waals surface area contributed by atoms with Crippen LogP contribution < -0.4 is 5.32 Å². The average Bonchev–Trinajstić information content (AvgIpc) is 2.85. The molecule has 0 aliphatic heterocycles. The van der Waals surface area contributed by atoms with Crippen molar-refractivity contribution >= 4 is 5.82 Å². The van der Waals surface area contributed by atoms with E-state index in [1.54, 1.807) is 16.9 Å². The summed E-state index contributed by atoms with van der Waals surface area (Å²) < 4.78 is 40.1. The third-order valence-corrected chi connectivity index (χ3v) is 2.69. The van der Waals surface area contributed by atoms with E-state index < -0.39 is 11.7 Å². The lowest BCUT2D eigenvalue weighted by molar-refractivity contribution is -0.137. The summed E-state index contributed by atoms with van der Waals surface area (Å²) in [6, 6.07) is 3.66. The van der Waals surface area contributed by atoms with Crippen LogP contribution in [0.25, 0.3) is 11.4 Å². The number of nitrogens with zero attached hydrogens (tertiary/aromatic N) is 3. The van der Waals surface area contributed by atoms with Gasteiger partial charge in [0.25, 0.3) is 0 Å². The normalized spacial score (nSPS) is 11.6. The molecular weight excluding hydrogens is 257 g/mol. The van der Waals surface area contributed by atoms with Gasteiger partial charge in [0.05, 0.1) is 17.0 Å². The summed E-state index contributed by atoms with van der Waals surface area (Å²) in [5.74, 6) is 0.175. The van der Waals surface area contributed by atoms with E-state index >= 15 is 0 Å². The van der Waals surface area contributed by atoms with Gasteiger partial charge < -0.3 is 5.32 Å². The minimum absolute atomic E-state index is 0.175. The number of pyridine rings is 1. The Bertz CT molecular complexity index is 575. The third-order valence-electron chi connectivity index (χ3n) is 2.69. The van der Waals surface area contributed by atoms with E-state index in [0.717, 1.165) is 12.1 Å². The Kier molecular flexibility index (Phi) is 3.46. The van der Waals surface area contributed by atoms with Crippen LogP contribution in [0.3, 0.4) is 0 Å². The number of hydrogen-bond acceptors (Lipinski definition) is 3. The number of alkyl halides is 3. The van der Waals surface area contributed by atoms with Gasteiger partial charge in [0.2, 0.25) is 0 Å². The van der Waals surface area contributed by atoms with Crippen molar-refractivity contribution in [3.05, 3.63) is 30.0 Å². The summed E-state index contributed by atoms with van der Waals surface area (Å²) in [6.45, 7) is 2.43. The van der Waals surface area contributed by atoms with Crippen molar-refractivity contribution in [3.8, 4) is 11.4 Å². The van der Waals surface area contributed by atoms with Crippen LogP contribution in [-0.2, 0) is 12.7 Å². The molecule has 0 amide bonds. The Hall–Kier alpha value is -2.05. The summed E-state index contributed by atoms with van der Waals surface area (Å²) in [4.78, 5) is 4.14.